The molecule has 0 spiro atoms. The molecule has 0 unspecified atom stereocenters. The molecule has 0 atom stereocenters. The molecule has 0 saturated carbocycles. The quantitative estimate of drug-likeness (QED) is 0.717. The number of rotatable bonds is 2. The molecule has 18 heavy (non-hydrogen) atoms. The van der Waals surface area contributed by atoms with Gasteiger partial charge in [-0.3, -0.25) is 0 Å². The SMILES string of the molecule is Cc1nc(-c2cc[c]cc2)[nH]c1-c1cc[c]cc1. The van der Waals surface area contributed by atoms with Crippen LogP contribution in [0.2, 0.25) is 0 Å². The normalized spacial score (nSPS) is 10.5. The lowest BCUT2D eigenvalue weighted by Gasteiger charge is -1.98. The Bertz CT molecular complexity index is 639. The molecule has 2 nitrogen and oxygen atoms in total. The smallest absolute Gasteiger partial charge is 0.138 e. The molecule has 3 rings (SSSR count). The molecular formula is C16H12N2. The maximum atomic E-state index is 4.58. The van der Waals surface area contributed by atoms with Crippen LogP contribution in [0.25, 0.3) is 22.6 Å². The van der Waals surface area contributed by atoms with Gasteiger partial charge in [0.15, 0.2) is 0 Å². The number of benzene rings is 2. The zero-order valence-corrected chi connectivity index (χ0v) is 10.1. The summed E-state index contributed by atoms with van der Waals surface area (Å²) in [5.74, 6) is 0.893. The Balaban J connectivity index is 2.07. The Labute approximate surface area is 106 Å². The molecule has 86 valence electrons. The lowest BCUT2D eigenvalue weighted by molar-refractivity contribution is 1.26. The van der Waals surface area contributed by atoms with Crippen molar-refractivity contribution < 1.29 is 0 Å². The fourth-order valence-electron chi connectivity index (χ4n) is 1.98. The zero-order valence-electron chi connectivity index (χ0n) is 10.1. The van der Waals surface area contributed by atoms with Crippen LogP contribution in [-0.4, -0.2) is 9.97 Å². The molecule has 1 N–H and O–H groups in total. The second-order valence-corrected chi connectivity index (χ2v) is 4.12. The predicted molar refractivity (Wildman–Crippen MR) is 71.9 cm³/mol. The summed E-state index contributed by atoms with van der Waals surface area (Å²) in [5, 5.41) is 0. The van der Waals surface area contributed by atoms with E-state index in [0.717, 1.165) is 28.3 Å². The van der Waals surface area contributed by atoms with E-state index in [2.05, 4.69) is 22.1 Å². The highest BCUT2D eigenvalue weighted by Crippen LogP contribution is 2.24. The van der Waals surface area contributed by atoms with Crippen molar-refractivity contribution in [3.8, 4) is 22.6 Å². The van der Waals surface area contributed by atoms with Crippen molar-refractivity contribution in [2.45, 2.75) is 6.92 Å². The molecule has 0 aliphatic rings. The van der Waals surface area contributed by atoms with Crippen molar-refractivity contribution in [1.82, 2.24) is 9.97 Å². The molecular weight excluding hydrogens is 220 g/mol. The van der Waals surface area contributed by atoms with E-state index in [1.54, 1.807) is 0 Å². The summed E-state index contributed by atoms with van der Waals surface area (Å²) in [6.45, 7) is 2.01. The van der Waals surface area contributed by atoms with Crippen LogP contribution >= 0.6 is 0 Å². The minimum absolute atomic E-state index is 0.893. The first kappa shape index (κ1) is 10.8. The van der Waals surface area contributed by atoms with Crippen LogP contribution in [0.5, 0.6) is 0 Å². The number of aromatic amines is 1. The monoisotopic (exact) mass is 232 g/mol. The molecule has 1 aromatic heterocycles. The van der Waals surface area contributed by atoms with E-state index in [1.165, 1.54) is 0 Å². The maximum absolute atomic E-state index is 4.58. The van der Waals surface area contributed by atoms with Gasteiger partial charge in [0, 0.05) is 5.56 Å². The second kappa shape index (κ2) is 4.49. The molecule has 2 heteroatoms. The van der Waals surface area contributed by atoms with Gasteiger partial charge in [-0.05, 0) is 24.6 Å². The third-order valence-corrected chi connectivity index (χ3v) is 2.88. The summed E-state index contributed by atoms with van der Waals surface area (Å²) in [5.41, 5.74) is 4.27. The van der Waals surface area contributed by atoms with Crippen molar-refractivity contribution in [1.29, 1.82) is 0 Å². The van der Waals surface area contributed by atoms with Crippen LogP contribution in [0.15, 0.2) is 48.5 Å². The zero-order chi connectivity index (χ0) is 12.4. The fourth-order valence-corrected chi connectivity index (χ4v) is 1.98. The van der Waals surface area contributed by atoms with Crippen molar-refractivity contribution in [3.05, 3.63) is 66.4 Å². The molecule has 0 bridgehead atoms. The number of aryl methyl sites for hydroxylation is 1. The van der Waals surface area contributed by atoms with Crippen molar-refractivity contribution in [2.24, 2.45) is 0 Å². The first-order valence-corrected chi connectivity index (χ1v) is 5.84. The minimum Gasteiger partial charge on any atom is -0.338 e. The molecule has 0 saturated heterocycles. The number of imidazole rings is 1. The summed E-state index contributed by atoms with van der Waals surface area (Å²) < 4.78 is 0. The van der Waals surface area contributed by atoms with Crippen LogP contribution in [0.1, 0.15) is 5.69 Å². The largest absolute Gasteiger partial charge is 0.338 e. The molecule has 1 heterocycles. The van der Waals surface area contributed by atoms with E-state index in [4.69, 9.17) is 0 Å². The van der Waals surface area contributed by atoms with Crippen molar-refractivity contribution in [3.63, 3.8) is 0 Å². The summed E-state index contributed by atoms with van der Waals surface area (Å²) in [7, 11) is 0. The van der Waals surface area contributed by atoms with Gasteiger partial charge in [-0.1, -0.05) is 48.5 Å². The Morgan fingerprint density at radius 1 is 0.889 bits per heavy atom. The third-order valence-electron chi connectivity index (χ3n) is 2.88. The highest BCUT2D eigenvalue weighted by Gasteiger charge is 2.09. The van der Waals surface area contributed by atoms with Gasteiger partial charge in [-0.25, -0.2) is 4.98 Å². The number of nitrogens with one attached hydrogen (secondary N) is 1. The van der Waals surface area contributed by atoms with Crippen LogP contribution in [0.4, 0.5) is 0 Å². The first-order chi connectivity index (χ1) is 8.84. The molecule has 0 aliphatic heterocycles. The van der Waals surface area contributed by atoms with Crippen molar-refractivity contribution in [2.75, 3.05) is 0 Å². The first-order valence-electron chi connectivity index (χ1n) is 5.84. The topological polar surface area (TPSA) is 28.7 Å². The van der Waals surface area contributed by atoms with E-state index in [-0.39, 0.29) is 0 Å². The van der Waals surface area contributed by atoms with Crippen LogP contribution in [0, 0.1) is 19.1 Å². The van der Waals surface area contributed by atoms with E-state index in [9.17, 15) is 0 Å². The van der Waals surface area contributed by atoms with E-state index in [0.29, 0.717) is 0 Å². The Hall–Kier alpha value is -2.35. The van der Waals surface area contributed by atoms with Gasteiger partial charge in [-0.2, -0.15) is 0 Å². The van der Waals surface area contributed by atoms with Crippen LogP contribution in [0.3, 0.4) is 0 Å². The fraction of sp³-hybridized carbons (Fsp3) is 0.0625. The molecule has 0 fully saturated rings. The Morgan fingerprint density at radius 3 is 2.06 bits per heavy atom. The highest BCUT2D eigenvalue weighted by molar-refractivity contribution is 5.66. The number of hydrogen-bond acceptors (Lipinski definition) is 1. The van der Waals surface area contributed by atoms with Crippen molar-refractivity contribution >= 4 is 0 Å². The predicted octanol–water partition coefficient (Wildman–Crippen LogP) is 3.65. The minimum atomic E-state index is 0.893. The van der Waals surface area contributed by atoms with Crippen LogP contribution in [-0.2, 0) is 0 Å². The number of nitrogens with zero attached hydrogens (tertiary/aromatic N) is 1. The second-order valence-electron chi connectivity index (χ2n) is 4.12. The Morgan fingerprint density at radius 2 is 1.44 bits per heavy atom. The van der Waals surface area contributed by atoms with Gasteiger partial charge in [-0.15, -0.1) is 0 Å². The van der Waals surface area contributed by atoms with Gasteiger partial charge in [0.25, 0.3) is 0 Å². The maximum Gasteiger partial charge on any atom is 0.138 e. The van der Waals surface area contributed by atoms with Gasteiger partial charge in [0.05, 0.1) is 11.4 Å². The van der Waals surface area contributed by atoms with Gasteiger partial charge < -0.3 is 4.98 Å². The number of aromatic nitrogens is 2. The van der Waals surface area contributed by atoms with Gasteiger partial charge in [0.1, 0.15) is 5.82 Å². The molecule has 2 aromatic carbocycles. The van der Waals surface area contributed by atoms with Gasteiger partial charge in [0.2, 0.25) is 0 Å². The number of hydrogen-bond donors (Lipinski definition) is 1. The molecule has 3 aromatic rings. The highest BCUT2D eigenvalue weighted by atomic mass is 14.9. The summed E-state index contributed by atoms with van der Waals surface area (Å²) in [6, 6.07) is 21.7. The molecule has 0 aliphatic carbocycles. The third kappa shape index (κ3) is 1.93. The Kier molecular flexibility index (Phi) is 2.69. The average Bonchev–Trinajstić information content (AvgIpc) is 2.83. The average molecular weight is 232 g/mol. The standard InChI is InChI=1S/C16H12N2/c1-12-15(13-8-4-2-5-9-13)18-16(17-12)14-10-6-3-7-11-14/h4-11H,1H3,(H,17,18). The number of H-pyrrole nitrogens is 1. The molecule has 0 amide bonds. The lowest BCUT2D eigenvalue weighted by atomic mass is 10.1. The summed E-state index contributed by atoms with van der Waals surface area (Å²) >= 11 is 0. The van der Waals surface area contributed by atoms with E-state index >= 15 is 0 Å². The van der Waals surface area contributed by atoms with E-state index in [1.807, 2.05) is 55.5 Å². The summed E-state index contributed by atoms with van der Waals surface area (Å²) in [4.78, 5) is 7.95. The lowest BCUT2D eigenvalue weighted by Crippen LogP contribution is -1.80. The van der Waals surface area contributed by atoms with E-state index < -0.39 is 0 Å². The van der Waals surface area contributed by atoms with Gasteiger partial charge >= 0.3 is 0 Å². The molecule has 2 radical (unpaired) electrons. The summed E-state index contributed by atoms with van der Waals surface area (Å²) in [6.07, 6.45) is 0. The van der Waals surface area contributed by atoms with Crippen LogP contribution < -0.4 is 0 Å².